The molecule has 1 fully saturated rings. The summed E-state index contributed by atoms with van der Waals surface area (Å²) in [6.45, 7) is 5.60. The molecule has 0 spiro atoms. The third-order valence-corrected chi connectivity index (χ3v) is 4.25. The zero-order valence-electron chi connectivity index (χ0n) is 10.4. The van der Waals surface area contributed by atoms with Gasteiger partial charge >= 0.3 is 6.09 Å². The summed E-state index contributed by atoms with van der Waals surface area (Å²) in [5.74, 6) is 0.00760. The molecule has 1 aliphatic rings. The number of carbonyl (C=O) groups excluding carboxylic acids is 1. The van der Waals surface area contributed by atoms with E-state index in [1.54, 1.807) is 20.8 Å². The molecule has 0 aliphatic carbocycles. The van der Waals surface area contributed by atoms with Crippen molar-refractivity contribution >= 4 is 15.9 Å². The van der Waals surface area contributed by atoms with Crippen molar-refractivity contribution < 1.29 is 22.7 Å². The number of nitrogens with one attached hydrogen (secondary N) is 1. The molecular weight excluding hydrogens is 246 g/mol. The minimum atomic E-state index is -3.16. The summed E-state index contributed by atoms with van der Waals surface area (Å²) < 4.78 is 33.3. The molecule has 1 rings (SSSR count). The van der Waals surface area contributed by atoms with Gasteiger partial charge in [0.2, 0.25) is 0 Å². The monoisotopic (exact) mass is 265 g/mol. The number of sulfone groups is 1. The van der Waals surface area contributed by atoms with Gasteiger partial charge in [-0.15, -0.1) is 0 Å². The van der Waals surface area contributed by atoms with E-state index in [2.05, 4.69) is 5.32 Å². The van der Waals surface area contributed by atoms with Gasteiger partial charge < -0.3 is 14.8 Å². The summed E-state index contributed by atoms with van der Waals surface area (Å²) in [6.07, 6.45) is -0.613. The van der Waals surface area contributed by atoms with E-state index in [1.807, 2.05) is 0 Å². The summed E-state index contributed by atoms with van der Waals surface area (Å²) >= 11 is 0. The minimum absolute atomic E-state index is 0.00760. The largest absolute Gasteiger partial charge is 0.444 e. The van der Waals surface area contributed by atoms with Crippen molar-refractivity contribution in [1.82, 2.24) is 5.32 Å². The number of alkyl carbamates (subject to hydrolysis) is 1. The van der Waals surface area contributed by atoms with E-state index in [1.165, 1.54) is 0 Å². The number of hydrogen-bond acceptors (Lipinski definition) is 5. The first-order valence-electron chi connectivity index (χ1n) is 5.47. The van der Waals surface area contributed by atoms with Crippen LogP contribution in [0.1, 0.15) is 20.8 Å². The number of rotatable bonds is 2. The average molecular weight is 265 g/mol. The molecule has 7 heteroatoms. The second-order valence-corrected chi connectivity index (χ2v) is 7.35. The lowest BCUT2D eigenvalue weighted by molar-refractivity contribution is 0.0520. The normalized spacial score (nSPS) is 24.1. The zero-order chi connectivity index (χ0) is 13.1. The number of ether oxygens (including phenoxy) is 2. The van der Waals surface area contributed by atoms with Gasteiger partial charge in [-0.1, -0.05) is 0 Å². The summed E-state index contributed by atoms with van der Waals surface area (Å²) in [6, 6.07) is 0. The van der Waals surface area contributed by atoms with Crippen LogP contribution in [0.3, 0.4) is 0 Å². The van der Waals surface area contributed by atoms with Gasteiger partial charge in [0.15, 0.2) is 9.84 Å². The van der Waals surface area contributed by atoms with Crippen molar-refractivity contribution in [3.05, 3.63) is 0 Å². The van der Waals surface area contributed by atoms with Crippen LogP contribution in [0, 0.1) is 0 Å². The van der Waals surface area contributed by atoms with Crippen LogP contribution in [-0.2, 0) is 19.3 Å². The van der Waals surface area contributed by atoms with E-state index in [4.69, 9.17) is 9.47 Å². The second kappa shape index (κ2) is 5.22. The van der Waals surface area contributed by atoms with Crippen LogP contribution in [0.4, 0.5) is 4.79 Å². The fourth-order valence-electron chi connectivity index (χ4n) is 1.36. The van der Waals surface area contributed by atoms with E-state index in [9.17, 15) is 13.2 Å². The van der Waals surface area contributed by atoms with Crippen LogP contribution in [0.25, 0.3) is 0 Å². The predicted molar refractivity (Wildman–Crippen MR) is 62.6 cm³/mol. The number of hydrogen-bond donors (Lipinski definition) is 1. The molecule has 1 N–H and O–H groups in total. The lowest BCUT2D eigenvalue weighted by Crippen LogP contribution is -2.45. The highest BCUT2D eigenvalue weighted by Gasteiger charge is 2.30. The molecule has 6 nitrogen and oxygen atoms in total. The van der Waals surface area contributed by atoms with Crippen molar-refractivity contribution in [2.24, 2.45) is 0 Å². The summed E-state index contributed by atoms with van der Waals surface area (Å²) in [5, 5.41) is 1.77. The molecule has 1 amide bonds. The molecular formula is C10H19NO5S. The van der Waals surface area contributed by atoms with Gasteiger partial charge in [0.25, 0.3) is 0 Å². The van der Waals surface area contributed by atoms with Crippen molar-refractivity contribution in [2.75, 3.05) is 25.5 Å². The second-order valence-electron chi connectivity index (χ2n) is 4.95. The Hall–Kier alpha value is -0.820. The fraction of sp³-hybridized carbons (Fsp3) is 0.900. The van der Waals surface area contributed by atoms with E-state index in [-0.39, 0.29) is 25.5 Å². The van der Waals surface area contributed by atoms with Gasteiger partial charge in [-0.2, -0.15) is 0 Å². The Morgan fingerprint density at radius 3 is 2.65 bits per heavy atom. The SMILES string of the molecule is CC(C)(C)OC(=O)NCC1COCCS1(=O)=O. The van der Waals surface area contributed by atoms with Gasteiger partial charge in [-0.05, 0) is 20.8 Å². The van der Waals surface area contributed by atoms with Gasteiger partial charge in [-0.3, -0.25) is 0 Å². The quantitative estimate of drug-likeness (QED) is 0.778. The lowest BCUT2D eigenvalue weighted by Gasteiger charge is -2.24. The smallest absolute Gasteiger partial charge is 0.407 e. The third kappa shape index (κ3) is 4.91. The Morgan fingerprint density at radius 1 is 1.47 bits per heavy atom. The Bertz CT molecular complexity index is 371. The molecule has 100 valence electrons. The molecule has 17 heavy (non-hydrogen) atoms. The maximum Gasteiger partial charge on any atom is 0.407 e. The molecule has 1 unspecified atom stereocenters. The Labute approximate surface area is 102 Å². The van der Waals surface area contributed by atoms with Gasteiger partial charge in [0.1, 0.15) is 10.9 Å². The molecule has 1 aliphatic heterocycles. The van der Waals surface area contributed by atoms with Crippen molar-refractivity contribution in [3.8, 4) is 0 Å². The van der Waals surface area contributed by atoms with E-state index in [0.29, 0.717) is 0 Å². The average Bonchev–Trinajstić information content (AvgIpc) is 2.12. The lowest BCUT2D eigenvalue weighted by atomic mass is 10.2. The Balaban J connectivity index is 2.42. The molecule has 1 heterocycles. The van der Waals surface area contributed by atoms with Crippen LogP contribution in [0.5, 0.6) is 0 Å². The highest BCUT2D eigenvalue weighted by molar-refractivity contribution is 7.92. The van der Waals surface area contributed by atoms with Crippen LogP contribution < -0.4 is 5.32 Å². The maximum atomic E-state index is 11.6. The van der Waals surface area contributed by atoms with Crippen LogP contribution in [0.15, 0.2) is 0 Å². The molecule has 0 bridgehead atoms. The Kier molecular flexibility index (Phi) is 4.37. The van der Waals surface area contributed by atoms with Crippen LogP contribution in [-0.4, -0.2) is 50.9 Å². The third-order valence-electron chi connectivity index (χ3n) is 2.20. The maximum absolute atomic E-state index is 11.6. The molecule has 0 aromatic rings. The van der Waals surface area contributed by atoms with Crippen LogP contribution in [0.2, 0.25) is 0 Å². The molecule has 1 saturated heterocycles. The number of amides is 1. The topological polar surface area (TPSA) is 81.7 Å². The van der Waals surface area contributed by atoms with E-state index in [0.717, 1.165) is 0 Å². The Morgan fingerprint density at radius 2 is 2.12 bits per heavy atom. The standard InChI is InChI=1S/C10H19NO5S/c1-10(2,3)16-9(12)11-6-8-7-15-4-5-17(8,13)14/h8H,4-7H2,1-3H3,(H,11,12). The molecule has 0 aromatic heterocycles. The zero-order valence-corrected chi connectivity index (χ0v) is 11.2. The summed E-state index contributed by atoms with van der Waals surface area (Å²) in [7, 11) is -3.16. The van der Waals surface area contributed by atoms with E-state index < -0.39 is 26.8 Å². The molecule has 1 atom stereocenters. The first-order chi connectivity index (χ1) is 7.71. The molecule has 0 radical (unpaired) electrons. The highest BCUT2D eigenvalue weighted by atomic mass is 32.2. The number of carbonyl (C=O) groups is 1. The molecule has 0 aromatic carbocycles. The highest BCUT2D eigenvalue weighted by Crippen LogP contribution is 2.10. The molecule has 0 saturated carbocycles. The van der Waals surface area contributed by atoms with Gasteiger partial charge in [0, 0.05) is 6.54 Å². The first-order valence-corrected chi connectivity index (χ1v) is 7.18. The van der Waals surface area contributed by atoms with Crippen LogP contribution >= 0.6 is 0 Å². The fourth-order valence-corrected chi connectivity index (χ4v) is 2.68. The first kappa shape index (κ1) is 14.2. The minimum Gasteiger partial charge on any atom is -0.444 e. The predicted octanol–water partition coefficient (Wildman–Crippen LogP) is 0.325. The van der Waals surface area contributed by atoms with Crippen molar-refractivity contribution in [3.63, 3.8) is 0 Å². The van der Waals surface area contributed by atoms with Gasteiger partial charge in [-0.25, -0.2) is 13.2 Å². The summed E-state index contributed by atoms with van der Waals surface area (Å²) in [5.41, 5.74) is -0.591. The van der Waals surface area contributed by atoms with E-state index >= 15 is 0 Å². The van der Waals surface area contributed by atoms with Crippen molar-refractivity contribution in [1.29, 1.82) is 0 Å². The summed E-state index contributed by atoms with van der Waals surface area (Å²) in [4.78, 5) is 11.3. The van der Waals surface area contributed by atoms with Crippen molar-refractivity contribution in [2.45, 2.75) is 31.6 Å². The van der Waals surface area contributed by atoms with Gasteiger partial charge in [0.05, 0.1) is 19.0 Å².